The summed E-state index contributed by atoms with van der Waals surface area (Å²) in [5, 5.41) is 4.52. The van der Waals surface area contributed by atoms with Crippen LogP contribution in [0.5, 0.6) is 11.5 Å². The molecule has 3 aromatic rings. The maximum atomic E-state index is 6.63. The monoisotopic (exact) mass is 605 g/mol. The zero-order valence-corrected chi connectivity index (χ0v) is 27.6. The molecule has 240 valence electrons. The lowest BCUT2D eigenvalue weighted by Gasteiger charge is -2.46. The molecule has 3 fully saturated rings. The Kier molecular flexibility index (Phi) is 9.09. The van der Waals surface area contributed by atoms with E-state index in [0.29, 0.717) is 24.5 Å². The summed E-state index contributed by atoms with van der Waals surface area (Å²) in [7, 11) is 3.34. The number of benzene rings is 1. The lowest BCUT2D eigenvalue weighted by Crippen LogP contribution is -2.50. The van der Waals surface area contributed by atoms with Gasteiger partial charge in [0, 0.05) is 48.9 Å². The highest BCUT2D eigenvalue weighted by Crippen LogP contribution is 2.49. The Morgan fingerprint density at radius 1 is 1.07 bits per heavy atom. The second-order valence-electron chi connectivity index (χ2n) is 13.8. The standard InChI is InChI=1S/C35H51N5O4/c1-8-9-10-23-15-26(16-23)40(22(2)3)20-25-17-29(32-31(25)43-35(4,5)44-32)39-14-13-28-33(37-21-38-34(28)39)36-19-24-11-12-27(41-6)18-30(24)42-7/h11-14,18,21-23,25-26,29,31-32H,8-10,15-17,19-20H2,1-7H3,(H,36,37,38)/t23?,25-,26?,29-,31-,32+/m1/s1. The van der Waals surface area contributed by atoms with Gasteiger partial charge in [-0.05, 0) is 71.1 Å². The van der Waals surface area contributed by atoms with E-state index in [9.17, 15) is 0 Å². The van der Waals surface area contributed by atoms with Gasteiger partial charge in [-0.25, -0.2) is 9.97 Å². The van der Waals surface area contributed by atoms with Crippen LogP contribution >= 0.6 is 0 Å². The molecule has 1 N–H and O–H groups in total. The smallest absolute Gasteiger partial charge is 0.163 e. The van der Waals surface area contributed by atoms with Crippen molar-refractivity contribution in [1.29, 1.82) is 0 Å². The van der Waals surface area contributed by atoms with E-state index in [1.54, 1.807) is 20.5 Å². The van der Waals surface area contributed by atoms with Crippen molar-refractivity contribution in [3.63, 3.8) is 0 Å². The molecule has 3 heterocycles. The predicted molar refractivity (Wildman–Crippen MR) is 173 cm³/mol. The average Bonchev–Trinajstić information content (AvgIpc) is 3.65. The summed E-state index contributed by atoms with van der Waals surface area (Å²) < 4.78 is 26.5. The predicted octanol–water partition coefficient (Wildman–Crippen LogP) is 6.82. The van der Waals surface area contributed by atoms with Crippen molar-refractivity contribution in [2.45, 2.75) is 116 Å². The molecule has 0 amide bonds. The van der Waals surface area contributed by atoms with Crippen molar-refractivity contribution in [3.8, 4) is 11.5 Å². The highest BCUT2D eigenvalue weighted by molar-refractivity contribution is 5.87. The summed E-state index contributed by atoms with van der Waals surface area (Å²) in [5.41, 5.74) is 1.94. The summed E-state index contributed by atoms with van der Waals surface area (Å²) >= 11 is 0. The molecule has 2 aromatic heterocycles. The highest BCUT2D eigenvalue weighted by atomic mass is 16.8. The molecule has 4 atom stereocenters. The van der Waals surface area contributed by atoms with Crippen molar-refractivity contribution in [3.05, 3.63) is 42.4 Å². The number of unbranched alkanes of at least 4 members (excludes halogenated alkanes) is 1. The number of fused-ring (bicyclic) bond motifs is 2. The van der Waals surface area contributed by atoms with Gasteiger partial charge >= 0.3 is 0 Å². The van der Waals surface area contributed by atoms with Crippen molar-refractivity contribution in [2.24, 2.45) is 11.8 Å². The Hall–Kier alpha value is -2.88. The van der Waals surface area contributed by atoms with Gasteiger partial charge in [-0.1, -0.05) is 26.2 Å². The number of methoxy groups -OCH3 is 2. The van der Waals surface area contributed by atoms with E-state index >= 15 is 0 Å². The normalized spacial score (nSPS) is 27.6. The molecule has 9 nitrogen and oxygen atoms in total. The average molecular weight is 606 g/mol. The van der Waals surface area contributed by atoms with Crippen LogP contribution in [0, 0.1) is 11.8 Å². The minimum absolute atomic E-state index is 0.0201. The summed E-state index contributed by atoms with van der Waals surface area (Å²) in [6, 6.07) is 9.32. The molecule has 0 spiro atoms. The molecule has 0 radical (unpaired) electrons. The summed E-state index contributed by atoms with van der Waals surface area (Å²) in [6.07, 6.45) is 11.6. The molecule has 2 aliphatic carbocycles. The molecular formula is C35H51N5O4. The van der Waals surface area contributed by atoms with Crippen molar-refractivity contribution in [2.75, 3.05) is 26.1 Å². The Balaban J connectivity index is 1.21. The van der Waals surface area contributed by atoms with E-state index in [4.69, 9.17) is 23.9 Å². The van der Waals surface area contributed by atoms with Crippen LogP contribution in [0.1, 0.15) is 84.7 Å². The fourth-order valence-electron chi connectivity index (χ4n) is 7.82. The van der Waals surface area contributed by atoms with Gasteiger partial charge in [0.2, 0.25) is 0 Å². The molecule has 0 bridgehead atoms. The van der Waals surface area contributed by atoms with E-state index in [0.717, 1.165) is 52.8 Å². The summed E-state index contributed by atoms with van der Waals surface area (Å²) in [4.78, 5) is 12.1. The number of hydrogen-bond acceptors (Lipinski definition) is 8. The second-order valence-corrected chi connectivity index (χ2v) is 13.8. The zero-order valence-electron chi connectivity index (χ0n) is 27.6. The third kappa shape index (κ3) is 6.15. The Bertz CT molecular complexity index is 1420. The van der Waals surface area contributed by atoms with Crippen molar-refractivity contribution < 1.29 is 18.9 Å². The Labute approximate surface area is 262 Å². The first-order chi connectivity index (χ1) is 21.2. The molecule has 3 aliphatic rings. The number of nitrogens with zero attached hydrogens (tertiary/aromatic N) is 4. The first-order valence-corrected chi connectivity index (χ1v) is 16.6. The van der Waals surface area contributed by atoms with Crippen molar-refractivity contribution in [1.82, 2.24) is 19.4 Å². The van der Waals surface area contributed by atoms with Crippen LogP contribution in [0.4, 0.5) is 5.82 Å². The van der Waals surface area contributed by atoms with Crippen molar-refractivity contribution >= 4 is 16.9 Å². The van der Waals surface area contributed by atoms with Gasteiger partial charge in [0.1, 0.15) is 35.4 Å². The molecule has 1 saturated heterocycles. The molecule has 9 heteroatoms. The van der Waals surface area contributed by atoms with Gasteiger partial charge < -0.3 is 28.8 Å². The maximum absolute atomic E-state index is 6.63. The van der Waals surface area contributed by atoms with Crippen LogP contribution < -0.4 is 14.8 Å². The van der Waals surface area contributed by atoms with Gasteiger partial charge in [-0.15, -0.1) is 0 Å². The SMILES string of the molecule is CCCCC1CC(N(C[C@H]2C[C@@H](n3ccc4c(NCc5ccc(OC)cc5OC)ncnc43)[C@@H]3OC(C)(C)O[C@H]23)C(C)C)C1. The minimum Gasteiger partial charge on any atom is -0.497 e. The number of aromatic nitrogens is 3. The first-order valence-electron chi connectivity index (χ1n) is 16.6. The topological polar surface area (TPSA) is 82.9 Å². The number of anilines is 1. The number of rotatable bonds is 13. The molecule has 1 aliphatic heterocycles. The summed E-state index contributed by atoms with van der Waals surface area (Å²) in [6.45, 7) is 12.7. The van der Waals surface area contributed by atoms with Gasteiger partial charge in [-0.2, -0.15) is 0 Å². The Morgan fingerprint density at radius 3 is 2.59 bits per heavy atom. The molecular weight excluding hydrogens is 554 g/mol. The Morgan fingerprint density at radius 2 is 1.86 bits per heavy atom. The van der Waals surface area contributed by atoms with Crippen LogP contribution in [-0.4, -0.2) is 70.3 Å². The minimum atomic E-state index is -0.599. The van der Waals surface area contributed by atoms with Crippen LogP contribution in [0.3, 0.4) is 0 Å². The molecule has 6 rings (SSSR count). The van der Waals surface area contributed by atoms with E-state index < -0.39 is 5.79 Å². The van der Waals surface area contributed by atoms with Gasteiger partial charge in [0.15, 0.2) is 5.79 Å². The van der Waals surface area contributed by atoms with Crippen LogP contribution in [0.25, 0.3) is 11.0 Å². The second kappa shape index (κ2) is 12.9. The molecule has 2 saturated carbocycles. The molecule has 44 heavy (non-hydrogen) atoms. The molecule has 0 unspecified atom stereocenters. The third-order valence-corrected chi connectivity index (χ3v) is 10.1. The quantitative estimate of drug-likeness (QED) is 0.227. The number of ether oxygens (including phenoxy) is 4. The first kappa shape index (κ1) is 31.1. The number of nitrogens with one attached hydrogen (secondary N) is 1. The van der Waals surface area contributed by atoms with Gasteiger partial charge in [0.05, 0.1) is 31.8 Å². The van der Waals surface area contributed by atoms with Crippen LogP contribution in [0.2, 0.25) is 0 Å². The van der Waals surface area contributed by atoms with E-state index in [1.807, 2.05) is 18.2 Å². The highest BCUT2D eigenvalue weighted by Gasteiger charge is 2.55. The lowest BCUT2D eigenvalue weighted by molar-refractivity contribution is -0.161. The van der Waals surface area contributed by atoms with E-state index in [-0.39, 0.29) is 18.2 Å². The third-order valence-electron chi connectivity index (χ3n) is 10.1. The fourth-order valence-corrected chi connectivity index (χ4v) is 7.82. The maximum Gasteiger partial charge on any atom is 0.163 e. The van der Waals surface area contributed by atoms with Crippen LogP contribution in [-0.2, 0) is 16.0 Å². The fraction of sp³-hybridized carbons (Fsp3) is 0.657. The van der Waals surface area contributed by atoms with Crippen LogP contribution in [0.15, 0.2) is 36.8 Å². The molecule has 1 aromatic carbocycles. The number of hydrogen-bond donors (Lipinski definition) is 1. The van der Waals surface area contributed by atoms with E-state index in [2.05, 4.69) is 66.6 Å². The van der Waals surface area contributed by atoms with Gasteiger partial charge in [-0.3, -0.25) is 4.90 Å². The summed E-state index contributed by atoms with van der Waals surface area (Å²) in [5.74, 6) is 3.03. The largest absolute Gasteiger partial charge is 0.497 e. The zero-order chi connectivity index (χ0) is 31.0. The lowest BCUT2D eigenvalue weighted by atomic mass is 9.75. The van der Waals surface area contributed by atoms with E-state index in [1.165, 1.54) is 32.1 Å². The van der Waals surface area contributed by atoms with Gasteiger partial charge in [0.25, 0.3) is 0 Å².